The molecular weight excluding hydrogens is 379 g/mol. The van der Waals surface area contributed by atoms with E-state index in [0.717, 1.165) is 7.11 Å². The topological polar surface area (TPSA) is 43.7 Å². The number of ether oxygens (including phenoxy) is 2. The van der Waals surface area contributed by atoms with Crippen LogP contribution in [0, 0.1) is 0 Å². The van der Waals surface area contributed by atoms with Crippen LogP contribution in [-0.2, 0) is 11.2 Å². The van der Waals surface area contributed by atoms with Crippen molar-refractivity contribution in [1.29, 1.82) is 0 Å². The maximum atomic E-state index is 13.4. The van der Waals surface area contributed by atoms with E-state index in [1.54, 1.807) is 12.3 Å². The van der Waals surface area contributed by atoms with Crippen molar-refractivity contribution >= 4 is 22.7 Å². The van der Waals surface area contributed by atoms with Crippen molar-refractivity contribution in [2.24, 2.45) is 4.99 Å². The number of aromatic nitrogens is 1. The molecule has 2 aromatic rings. The highest BCUT2D eigenvalue weighted by Gasteiger charge is 2.39. The van der Waals surface area contributed by atoms with Gasteiger partial charge < -0.3 is 9.47 Å². The number of aliphatic imine (C=N–C) groups is 1. The second-order valence-electron chi connectivity index (χ2n) is 5.57. The molecule has 0 spiro atoms. The lowest BCUT2D eigenvalue weighted by Gasteiger charge is -2.22. The van der Waals surface area contributed by atoms with Gasteiger partial charge in [0.2, 0.25) is 0 Å². The summed E-state index contributed by atoms with van der Waals surface area (Å²) in [5.41, 5.74) is 0.938. The molecule has 0 amide bonds. The van der Waals surface area contributed by atoms with Crippen molar-refractivity contribution in [3.8, 4) is 16.3 Å². The summed E-state index contributed by atoms with van der Waals surface area (Å²) in [6.07, 6.45) is -8.20. The van der Waals surface area contributed by atoms with Gasteiger partial charge in [-0.1, -0.05) is 0 Å². The number of nitrogens with zero attached hydrogens (tertiary/aromatic N) is 2. The smallest absolute Gasteiger partial charge is 0.403 e. The van der Waals surface area contributed by atoms with Gasteiger partial charge in [-0.15, -0.1) is 24.5 Å². The zero-order chi connectivity index (χ0) is 19.1. The van der Waals surface area contributed by atoms with Gasteiger partial charge in [0, 0.05) is 41.9 Å². The molecule has 0 aliphatic carbocycles. The van der Waals surface area contributed by atoms with Crippen LogP contribution in [0.4, 0.5) is 27.6 Å². The van der Waals surface area contributed by atoms with Gasteiger partial charge in [0.15, 0.2) is 5.75 Å². The van der Waals surface area contributed by atoms with Gasteiger partial charge in [-0.05, 0) is 18.6 Å². The summed E-state index contributed by atoms with van der Waals surface area (Å²) in [5.74, 6) is -0.753. The minimum absolute atomic E-state index is 0.106. The van der Waals surface area contributed by atoms with Crippen molar-refractivity contribution in [2.45, 2.75) is 32.2 Å². The third-order valence-electron chi connectivity index (χ3n) is 3.79. The van der Waals surface area contributed by atoms with E-state index in [-0.39, 0.29) is 12.1 Å². The molecule has 26 heavy (non-hydrogen) atoms. The van der Waals surface area contributed by atoms with E-state index in [2.05, 4.69) is 14.7 Å². The SMILES string of the molecule is COC(c1cc(-c2nccs2)c2c(c1OC(F)(F)F)N=C(C)C2)C(F)F. The Morgan fingerprint density at radius 1 is 1.27 bits per heavy atom. The van der Waals surface area contributed by atoms with Crippen LogP contribution in [0.3, 0.4) is 0 Å². The molecule has 2 heterocycles. The molecule has 1 aliphatic rings. The Bertz CT molecular complexity index is 834. The van der Waals surface area contributed by atoms with Crippen LogP contribution in [0.1, 0.15) is 24.2 Å². The number of methoxy groups -OCH3 is 1. The maximum Gasteiger partial charge on any atom is 0.573 e. The Hall–Kier alpha value is -2.07. The summed E-state index contributed by atoms with van der Waals surface area (Å²) in [7, 11) is 0.999. The quantitative estimate of drug-likeness (QED) is 0.648. The second-order valence-corrected chi connectivity index (χ2v) is 6.46. The van der Waals surface area contributed by atoms with Crippen LogP contribution in [0.2, 0.25) is 0 Å². The van der Waals surface area contributed by atoms with Crippen LogP contribution in [0.15, 0.2) is 22.6 Å². The van der Waals surface area contributed by atoms with Gasteiger partial charge in [0.1, 0.15) is 16.8 Å². The Balaban J connectivity index is 2.29. The fourth-order valence-corrected chi connectivity index (χ4v) is 3.52. The molecule has 0 radical (unpaired) electrons. The van der Waals surface area contributed by atoms with Gasteiger partial charge in [-0.25, -0.2) is 13.8 Å². The summed E-state index contributed by atoms with van der Waals surface area (Å²) in [4.78, 5) is 8.25. The molecule has 0 bridgehead atoms. The first kappa shape index (κ1) is 18.7. The first-order valence-electron chi connectivity index (χ1n) is 7.41. The molecule has 1 atom stereocenters. The molecule has 1 aromatic heterocycles. The zero-order valence-corrected chi connectivity index (χ0v) is 14.4. The van der Waals surface area contributed by atoms with E-state index in [9.17, 15) is 22.0 Å². The minimum atomic E-state index is -5.06. The van der Waals surface area contributed by atoms with Crippen molar-refractivity contribution in [1.82, 2.24) is 4.98 Å². The number of benzene rings is 1. The fraction of sp³-hybridized carbons (Fsp3) is 0.375. The molecule has 3 rings (SSSR count). The molecule has 0 saturated heterocycles. The lowest BCUT2D eigenvalue weighted by molar-refractivity contribution is -0.275. The molecule has 0 saturated carbocycles. The standard InChI is InChI=1S/C16H13F5N2O2S/c1-7-5-8-9(15-22-3-4-26-15)6-10(13(24-2)14(17)18)12(11(8)23-7)25-16(19,20)21/h3-4,6,13-14H,5H2,1-2H3. The molecule has 140 valence electrons. The number of hydrogen-bond acceptors (Lipinski definition) is 5. The van der Waals surface area contributed by atoms with E-state index >= 15 is 0 Å². The largest absolute Gasteiger partial charge is 0.573 e. The highest BCUT2D eigenvalue weighted by Crippen LogP contribution is 2.49. The summed E-state index contributed by atoms with van der Waals surface area (Å²) in [5, 5.41) is 2.18. The van der Waals surface area contributed by atoms with Gasteiger partial charge in [-0.3, -0.25) is 4.99 Å². The summed E-state index contributed by atoms with van der Waals surface area (Å²) < 4.78 is 74.4. The number of hydrogen-bond donors (Lipinski definition) is 0. The predicted molar refractivity (Wildman–Crippen MR) is 86.5 cm³/mol. The average molecular weight is 392 g/mol. The monoisotopic (exact) mass is 392 g/mol. The Morgan fingerprint density at radius 2 is 2.00 bits per heavy atom. The number of alkyl halides is 5. The van der Waals surface area contributed by atoms with E-state index in [1.165, 1.54) is 23.6 Å². The minimum Gasteiger partial charge on any atom is -0.403 e. The number of fused-ring (bicyclic) bond motifs is 1. The van der Waals surface area contributed by atoms with Crippen molar-refractivity contribution in [2.75, 3.05) is 7.11 Å². The molecular formula is C16H13F5N2O2S. The lowest BCUT2D eigenvalue weighted by atomic mass is 9.96. The molecule has 4 nitrogen and oxygen atoms in total. The van der Waals surface area contributed by atoms with Crippen LogP contribution in [0.5, 0.6) is 5.75 Å². The molecule has 0 fully saturated rings. The van der Waals surface area contributed by atoms with E-state index in [1.807, 2.05) is 0 Å². The Kier molecular flexibility index (Phi) is 4.98. The lowest BCUT2D eigenvalue weighted by Crippen LogP contribution is -2.21. The molecule has 1 aromatic carbocycles. The maximum absolute atomic E-state index is 13.4. The number of thiazole rings is 1. The van der Waals surface area contributed by atoms with E-state index in [4.69, 9.17) is 4.74 Å². The summed E-state index contributed by atoms with van der Waals surface area (Å²) >= 11 is 1.25. The molecule has 10 heteroatoms. The Labute approximate surface area is 149 Å². The van der Waals surface area contributed by atoms with Crippen LogP contribution >= 0.6 is 11.3 Å². The first-order chi connectivity index (χ1) is 12.2. The van der Waals surface area contributed by atoms with E-state index in [0.29, 0.717) is 21.8 Å². The van der Waals surface area contributed by atoms with Gasteiger partial charge in [0.05, 0.1) is 0 Å². The second kappa shape index (κ2) is 6.92. The van der Waals surface area contributed by atoms with Crippen molar-refractivity contribution in [3.05, 3.63) is 28.8 Å². The summed E-state index contributed by atoms with van der Waals surface area (Å²) in [6, 6.07) is 1.23. The first-order valence-corrected chi connectivity index (χ1v) is 8.29. The number of halogens is 5. The fourth-order valence-electron chi connectivity index (χ4n) is 2.84. The van der Waals surface area contributed by atoms with E-state index < -0.39 is 30.2 Å². The summed E-state index contributed by atoms with van der Waals surface area (Å²) in [6.45, 7) is 1.64. The van der Waals surface area contributed by atoms with Crippen molar-refractivity contribution < 1.29 is 31.4 Å². The molecule has 1 unspecified atom stereocenters. The predicted octanol–water partition coefficient (Wildman–Crippen LogP) is 5.31. The van der Waals surface area contributed by atoms with Crippen molar-refractivity contribution in [3.63, 3.8) is 0 Å². The third kappa shape index (κ3) is 3.56. The van der Waals surface area contributed by atoms with Crippen LogP contribution < -0.4 is 4.74 Å². The van der Waals surface area contributed by atoms with Gasteiger partial charge in [0.25, 0.3) is 6.43 Å². The number of rotatable bonds is 5. The molecule has 0 N–H and O–H groups in total. The highest BCUT2D eigenvalue weighted by molar-refractivity contribution is 7.13. The zero-order valence-electron chi connectivity index (χ0n) is 13.6. The third-order valence-corrected chi connectivity index (χ3v) is 4.60. The van der Waals surface area contributed by atoms with Gasteiger partial charge >= 0.3 is 6.36 Å². The van der Waals surface area contributed by atoms with Gasteiger partial charge in [-0.2, -0.15) is 0 Å². The van der Waals surface area contributed by atoms with Crippen LogP contribution in [0.25, 0.3) is 10.6 Å². The van der Waals surface area contributed by atoms with Crippen LogP contribution in [-0.4, -0.2) is 30.6 Å². The average Bonchev–Trinajstić information content (AvgIpc) is 3.17. The normalized spacial score (nSPS) is 15.2. The Morgan fingerprint density at radius 3 is 2.54 bits per heavy atom. The highest BCUT2D eigenvalue weighted by atomic mass is 32.1. The molecule has 1 aliphatic heterocycles.